The summed E-state index contributed by atoms with van der Waals surface area (Å²) in [5.74, 6) is 0.308. The maximum atomic E-state index is 14.2. The van der Waals surface area contributed by atoms with Gasteiger partial charge in [0.25, 0.3) is 0 Å². The zero-order valence-corrected chi connectivity index (χ0v) is 29.3. The van der Waals surface area contributed by atoms with E-state index in [4.69, 9.17) is 0 Å². The summed E-state index contributed by atoms with van der Waals surface area (Å²) in [5.41, 5.74) is 5.41. The number of benzene rings is 2. The van der Waals surface area contributed by atoms with Gasteiger partial charge in [0, 0.05) is 88.1 Å². The Balaban J connectivity index is 0.994. The molecule has 0 radical (unpaired) electrons. The van der Waals surface area contributed by atoms with E-state index in [9.17, 15) is 14.4 Å². The smallest absolute Gasteiger partial charge is 0.318 e. The first-order valence-corrected chi connectivity index (χ1v) is 18.5. The predicted octanol–water partition coefficient (Wildman–Crippen LogP) is 4.64. The lowest BCUT2D eigenvalue weighted by molar-refractivity contribution is -0.135. The van der Waals surface area contributed by atoms with Gasteiger partial charge >= 0.3 is 6.03 Å². The Bertz CT molecular complexity index is 1630. The molecule has 1 aromatic heterocycles. The highest BCUT2D eigenvalue weighted by Gasteiger charge is 2.36. The van der Waals surface area contributed by atoms with Crippen LogP contribution in [-0.2, 0) is 22.4 Å². The third kappa shape index (κ3) is 7.65. The predicted molar refractivity (Wildman–Crippen MR) is 194 cm³/mol. The molecule has 262 valence electrons. The standard InChI is InChI=1S/C39H53N7O3/c1-27-24-28(25-31-10-15-40-36(27)31)26-35(38(48)45-18-13-32(14-19-45)44-22-20-43(2)21-23-44)42-39(49)46-16-11-29(12-17-46)33-8-5-7-30-6-3-4-9-34(30)41-37(33)47/h3-4,6,9-10,15,24-25,29,32-33,35,40H,5,7-8,11-14,16-23,26H2,1-2H3,(H,41,47)(H,42,49). The highest BCUT2D eigenvalue weighted by Crippen LogP contribution is 2.33. The van der Waals surface area contributed by atoms with Gasteiger partial charge in [-0.1, -0.05) is 24.3 Å². The van der Waals surface area contributed by atoms with E-state index in [0.717, 1.165) is 112 Å². The van der Waals surface area contributed by atoms with Gasteiger partial charge in [-0.3, -0.25) is 14.5 Å². The van der Waals surface area contributed by atoms with Crippen molar-refractivity contribution in [1.82, 2.24) is 29.9 Å². The van der Waals surface area contributed by atoms with Crippen LogP contribution in [0.5, 0.6) is 0 Å². The van der Waals surface area contributed by atoms with Gasteiger partial charge in [-0.2, -0.15) is 0 Å². The molecule has 49 heavy (non-hydrogen) atoms. The molecule has 0 bridgehead atoms. The first kappa shape index (κ1) is 33.6. The molecule has 0 spiro atoms. The van der Waals surface area contributed by atoms with Crippen molar-refractivity contribution >= 4 is 34.4 Å². The number of fused-ring (bicyclic) bond motifs is 2. The van der Waals surface area contributed by atoms with E-state index in [2.05, 4.69) is 63.7 Å². The number of hydrogen-bond donors (Lipinski definition) is 3. The molecule has 3 saturated heterocycles. The lowest BCUT2D eigenvalue weighted by Gasteiger charge is -2.42. The maximum Gasteiger partial charge on any atom is 0.318 e. The molecule has 7 rings (SSSR count). The summed E-state index contributed by atoms with van der Waals surface area (Å²) in [7, 11) is 2.18. The van der Waals surface area contributed by atoms with Crippen molar-refractivity contribution in [2.45, 2.75) is 70.4 Å². The van der Waals surface area contributed by atoms with Crippen LogP contribution < -0.4 is 10.6 Å². The number of likely N-dealkylation sites (N-methyl/N-ethyl adjacent to an activating group) is 1. The lowest BCUT2D eigenvalue weighted by Crippen LogP contribution is -2.57. The maximum absolute atomic E-state index is 14.2. The van der Waals surface area contributed by atoms with Crippen LogP contribution in [0.1, 0.15) is 55.2 Å². The van der Waals surface area contributed by atoms with Gasteiger partial charge in [0.05, 0.1) is 0 Å². The molecule has 2 atom stereocenters. The molecule has 4 aliphatic rings. The monoisotopic (exact) mass is 667 g/mol. The molecule has 3 N–H and O–H groups in total. The summed E-state index contributed by atoms with van der Waals surface area (Å²) in [6.07, 6.45) is 8.72. The van der Waals surface area contributed by atoms with Crippen LogP contribution in [-0.4, -0.2) is 114 Å². The fraction of sp³-hybridized carbons (Fsp3) is 0.564. The van der Waals surface area contributed by atoms with E-state index in [1.807, 2.05) is 34.2 Å². The number of nitrogens with one attached hydrogen (secondary N) is 3. The van der Waals surface area contributed by atoms with Crippen LogP contribution >= 0.6 is 0 Å². The average molecular weight is 668 g/mol. The summed E-state index contributed by atoms with van der Waals surface area (Å²) in [6.45, 7) is 9.06. The quantitative estimate of drug-likeness (QED) is 0.356. The van der Waals surface area contributed by atoms with Crippen LogP contribution in [0.15, 0.2) is 48.7 Å². The minimum Gasteiger partial charge on any atom is -0.361 e. The fourth-order valence-corrected chi connectivity index (χ4v) is 8.77. The first-order chi connectivity index (χ1) is 23.8. The number of rotatable bonds is 6. The molecule has 4 aliphatic heterocycles. The number of aryl methyl sites for hydroxylation is 2. The van der Waals surface area contributed by atoms with Gasteiger partial charge < -0.3 is 30.3 Å². The van der Waals surface area contributed by atoms with Crippen LogP contribution in [0.4, 0.5) is 10.5 Å². The summed E-state index contributed by atoms with van der Waals surface area (Å²) in [4.78, 5) is 53.5. The number of hydrogen-bond acceptors (Lipinski definition) is 5. The van der Waals surface area contributed by atoms with E-state index in [0.29, 0.717) is 25.6 Å². The number of likely N-dealkylation sites (tertiary alicyclic amines) is 2. The van der Waals surface area contributed by atoms with E-state index >= 15 is 0 Å². The number of piperidine rings is 2. The fourth-order valence-electron chi connectivity index (χ4n) is 8.77. The molecule has 0 aliphatic carbocycles. The number of amides is 4. The molecular formula is C39H53N7O3. The van der Waals surface area contributed by atoms with Crippen LogP contribution in [0.25, 0.3) is 10.9 Å². The zero-order valence-electron chi connectivity index (χ0n) is 29.3. The van der Waals surface area contributed by atoms with Gasteiger partial charge in [0.2, 0.25) is 11.8 Å². The largest absolute Gasteiger partial charge is 0.361 e. The minimum absolute atomic E-state index is 0.0124. The third-order valence-corrected chi connectivity index (χ3v) is 11.8. The van der Waals surface area contributed by atoms with Crippen LogP contribution in [0, 0.1) is 18.8 Å². The van der Waals surface area contributed by atoms with Crippen molar-refractivity contribution in [3.05, 3.63) is 65.4 Å². The third-order valence-electron chi connectivity index (χ3n) is 11.8. The van der Waals surface area contributed by atoms with E-state index < -0.39 is 6.04 Å². The number of piperazine rings is 1. The minimum atomic E-state index is -0.641. The van der Waals surface area contributed by atoms with Gasteiger partial charge in [-0.25, -0.2) is 4.79 Å². The number of nitrogens with zero attached hydrogens (tertiary/aromatic N) is 4. The Morgan fingerprint density at radius 1 is 0.898 bits per heavy atom. The molecule has 2 unspecified atom stereocenters. The first-order valence-electron chi connectivity index (χ1n) is 18.5. The van der Waals surface area contributed by atoms with Gasteiger partial charge in [-0.15, -0.1) is 0 Å². The number of aromatic amines is 1. The summed E-state index contributed by atoms with van der Waals surface area (Å²) >= 11 is 0. The summed E-state index contributed by atoms with van der Waals surface area (Å²) in [6, 6.07) is 14.1. The lowest BCUT2D eigenvalue weighted by atomic mass is 9.79. The molecule has 4 amide bonds. The number of carbonyl (C=O) groups is 3. The number of carbonyl (C=O) groups excluding carboxylic acids is 3. The second-order valence-corrected chi connectivity index (χ2v) is 14.9. The van der Waals surface area contributed by atoms with Gasteiger partial charge in [0.15, 0.2) is 0 Å². The Morgan fingerprint density at radius 3 is 2.41 bits per heavy atom. The van der Waals surface area contributed by atoms with E-state index in [1.165, 1.54) is 5.56 Å². The van der Waals surface area contributed by atoms with Crippen LogP contribution in [0.2, 0.25) is 0 Å². The van der Waals surface area contributed by atoms with Crippen molar-refractivity contribution < 1.29 is 14.4 Å². The Morgan fingerprint density at radius 2 is 1.63 bits per heavy atom. The molecule has 3 fully saturated rings. The van der Waals surface area contributed by atoms with E-state index in [1.54, 1.807) is 0 Å². The Kier molecular flexibility index (Phi) is 10.2. The zero-order chi connectivity index (χ0) is 33.9. The van der Waals surface area contributed by atoms with Crippen molar-refractivity contribution in [3.63, 3.8) is 0 Å². The molecule has 2 aromatic carbocycles. The second kappa shape index (κ2) is 14.9. The van der Waals surface area contributed by atoms with Gasteiger partial charge in [-0.05, 0) is 105 Å². The highest BCUT2D eigenvalue weighted by molar-refractivity contribution is 5.94. The highest BCUT2D eigenvalue weighted by atomic mass is 16.2. The van der Waals surface area contributed by atoms with Crippen LogP contribution in [0.3, 0.4) is 0 Å². The van der Waals surface area contributed by atoms with Crippen molar-refractivity contribution in [3.8, 4) is 0 Å². The number of H-pyrrole nitrogens is 1. The molecule has 5 heterocycles. The number of aromatic nitrogens is 1. The second-order valence-electron chi connectivity index (χ2n) is 14.9. The molecule has 10 nitrogen and oxygen atoms in total. The molecule has 10 heteroatoms. The normalized spacial score (nSPS) is 22.7. The summed E-state index contributed by atoms with van der Waals surface area (Å²) in [5, 5.41) is 7.51. The Hall–Kier alpha value is -3.89. The van der Waals surface area contributed by atoms with E-state index in [-0.39, 0.29) is 29.7 Å². The average Bonchev–Trinajstić information content (AvgIpc) is 3.59. The Labute approximate surface area is 290 Å². The van der Waals surface area contributed by atoms with Crippen molar-refractivity contribution in [1.29, 1.82) is 0 Å². The topological polar surface area (TPSA) is 104 Å². The van der Waals surface area contributed by atoms with Crippen molar-refractivity contribution in [2.75, 3.05) is 64.7 Å². The molecule has 3 aromatic rings. The van der Waals surface area contributed by atoms with Gasteiger partial charge in [0.1, 0.15) is 6.04 Å². The number of anilines is 1. The summed E-state index contributed by atoms with van der Waals surface area (Å²) < 4.78 is 0. The SMILES string of the molecule is Cc1cc(CC(NC(=O)N2CCC(C3CCCc4ccccc4NC3=O)CC2)C(=O)N2CCC(N3CCN(C)CC3)CC2)cc2cc[nH]c12. The number of para-hydroxylation sites is 1. The molecule has 0 saturated carbocycles. The molecular weight excluding hydrogens is 614 g/mol. The number of urea groups is 1. The van der Waals surface area contributed by atoms with Crippen molar-refractivity contribution in [2.24, 2.45) is 11.8 Å².